The summed E-state index contributed by atoms with van der Waals surface area (Å²) in [4.78, 5) is 0. The molecule has 0 radical (unpaired) electrons. The van der Waals surface area contributed by atoms with Gasteiger partial charge in [0.25, 0.3) is 0 Å². The maximum absolute atomic E-state index is 9.70. The average Bonchev–Trinajstić information content (AvgIpc) is 2.64. The Labute approximate surface area is 156 Å². The van der Waals surface area contributed by atoms with Gasteiger partial charge in [0.1, 0.15) is 17.2 Å². The quantitative estimate of drug-likeness (QED) is 0.331. The van der Waals surface area contributed by atoms with Gasteiger partial charge in [0, 0.05) is 6.07 Å². The van der Waals surface area contributed by atoms with Crippen LogP contribution in [-0.2, 0) is 6.42 Å². The van der Waals surface area contributed by atoms with E-state index >= 15 is 0 Å². The van der Waals surface area contributed by atoms with Gasteiger partial charge < -0.3 is 10.2 Å². The maximum atomic E-state index is 9.70. The molecule has 0 aliphatic heterocycles. The summed E-state index contributed by atoms with van der Waals surface area (Å²) in [5, 5.41) is 27.1. The molecule has 4 heteroatoms. The van der Waals surface area contributed by atoms with Gasteiger partial charge in [-0.1, -0.05) is 64.0 Å². The Bertz CT molecular complexity index is 681. The topological polar surface area (TPSA) is 65.2 Å². The number of nitrogens with zero attached hydrogens (tertiary/aromatic N) is 2. The van der Waals surface area contributed by atoms with E-state index in [4.69, 9.17) is 0 Å². The second-order valence-corrected chi connectivity index (χ2v) is 6.76. The van der Waals surface area contributed by atoms with Crippen LogP contribution in [-0.4, -0.2) is 10.2 Å². The highest BCUT2D eigenvalue weighted by Gasteiger charge is 2.01. The summed E-state index contributed by atoms with van der Waals surface area (Å²) in [5.41, 5.74) is 2.41. The lowest BCUT2D eigenvalue weighted by molar-refractivity contribution is 0.451. The Kier molecular flexibility index (Phi) is 8.67. The lowest BCUT2D eigenvalue weighted by Crippen LogP contribution is -1.86. The van der Waals surface area contributed by atoms with E-state index in [2.05, 4.69) is 29.3 Å². The highest BCUT2D eigenvalue weighted by molar-refractivity contribution is 5.53. The van der Waals surface area contributed by atoms with E-state index in [0.29, 0.717) is 5.69 Å². The zero-order valence-electron chi connectivity index (χ0n) is 15.7. The van der Waals surface area contributed by atoms with Crippen molar-refractivity contribution in [2.75, 3.05) is 0 Å². The van der Waals surface area contributed by atoms with Crippen LogP contribution in [0.15, 0.2) is 52.7 Å². The molecule has 2 aromatic carbocycles. The molecule has 2 aromatic rings. The normalized spacial score (nSPS) is 11.3. The number of phenolic OH excluding ortho intramolecular Hbond substituents is 2. The van der Waals surface area contributed by atoms with Crippen molar-refractivity contribution < 1.29 is 10.2 Å². The largest absolute Gasteiger partial charge is 0.508 e. The molecule has 0 unspecified atom stereocenters. The molecule has 0 aliphatic rings. The highest BCUT2D eigenvalue weighted by Crippen LogP contribution is 2.31. The number of hydrogen-bond acceptors (Lipinski definition) is 4. The van der Waals surface area contributed by atoms with Crippen molar-refractivity contribution in [2.24, 2.45) is 10.2 Å². The molecule has 2 rings (SSSR count). The summed E-state index contributed by atoms with van der Waals surface area (Å²) in [5.74, 6) is -0.0770. The number of unbranched alkanes of at least 4 members (excludes halogenated alkanes) is 7. The molecule has 0 aliphatic carbocycles. The van der Waals surface area contributed by atoms with E-state index in [0.717, 1.165) is 12.1 Å². The van der Waals surface area contributed by atoms with E-state index in [1.807, 2.05) is 12.1 Å². The molecule has 0 amide bonds. The lowest BCUT2D eigenvalue weighted by Gasteiger charge is -2.03. The molecular weight excluding hydrogens is 324 g/mol. The fourth-order valence-electron chi connectivity index (χ4n) is 2.90. The predicted molar refractivity (Wildman–Crippen MR) is 107 cm³/mol. The Morgan fingerprint density at radius 3 is 2.04 bits per heavy atom. The van der Waals surface area contributed by atoms with Crippen LogP contribution in [0, 0.1) is 0 Å². The second kappa shape index (κ2) is 11.3. The first-order valence-corrected chi connectivity index (χ1v) is 9.71. The molecule has 0 saturated heterocycles. The van der Waals surface area contributed by atoms with Crippen molar-refractivity contribution >= 4 is 11.4 Å². The molecular formula is C22H30N2O2. The molecule has 0 saturated carbocycles. The van der Waals surface area contributed by atoms with Crippen LogP contribution in [0.2, 0.25) is 0 Å². The van der Waals surface area contributed by atoms with Crippen molar-refractivity contribution in [2.45, 2.75) is 64.7 Å². The Morgan fingerprint density at radius 2 is 1.38 bits per heavy atom. The van der Waals surface area contributed by atoms with Crippen LogP contribution in [0.3, 0.4) is 0 Å². The van der Waals surface area contributed by atoms with Gasteiger partial charge in [-0.3, -0.25) is 0 Å². The standard InChI is InChI=1S/C22H30N2O2/c1-2-3-4-5-6-7-8-9-10-18-11-13-19(14-12-18)23-24-21-16-15-20(25)17-22(21)26/h11-17,25-26H,2-10H2,1H3/b24-23+. The van der Waals surface area contributed by atoms with Gasteiger partial charge >= 0.3 is 0 Å². The molecule has 0 heterocycles. The van der Waals surface area contributed by atoms with Crippen molar-refractivity contribution in [3.05, 3.63) is 48.0 Å². The zero-order valence-corrected chi connectivity index (χ0v) is 15.7. The fourth-order valence-corrected chi connectivity index (χ4v) is 2.90. The number of rotatable bonds is 11. The van der Waals surface area contributed by atoms with Crippen molar-refractivity contribution in [3.8, 4) is 11.5 Å². The number of azo groups is 1. The molecule has 0 fully saturated rings. The summed E-state index contributed by atoms with van der Waals surface area (Å²) < 4.78 is 0. The fraction of sp³-hybridized carbons (Fsp3) is 0.455. The summed E-state index contributed by atoms with van der Waals surface area (Å²) in [7, 11) is 0. The first kappa shape index (κ1) is 20.0. The number of benzene rings is 2. The number of aryl methyl sites for hydroxylation is 1. The van der Waals surface area contributed by atoms with Crippen LogP contribution in [0.1, 0.15) is 63.9 Å². The summed E-state index contributed by atoms with van der Waals surface area (Å²) in [6, 6.07) is 12.3. The first-order chi connectivity index (χ1) is 12.7. The summed E-state index contributed by atoms with van der Waals surface area (Å²) in [6.45, 7) is 2.25. The van der Waals surface area contributed by atoms with Crippen LogP contribution in [0.4, 0.5) is 11.4 Å². The van der Waals surface area contributed by atoms with Gasteiger partial charge in [-0.05, 0) is 42.7 Å². The SMILES string of the molecule is CCCCCCCCCCc1ccc(/N=N/c2ccc(O)cc2O)cc1. The Hall–Kier alpha value is -2.36. The van der Waals surface area contributed by atoms with Gasteiger partial charge in [0.05, 0.1) is 5.69 Å². The third-order valence-corrected chi connectivity index (χ3v) is 4.49. The van der Waals surface area contributed by atoms with Crippen LogP contribution in [0.25, 0.3) is 0 Å². The minimum absolute atomic E-state index is 0.00626. The Morgan fingerprint density at radius 1 is 0.731 bits per heavy atom. The second-order valence-electron chi connectivity index (χ2n) is 6.76. The molecule has 140 valence electrons. The van der Waals surface area contributed by atoms with Crippen LogP contribution >= 0.6 is 0 Å². The smallest absolute Gasteiger partial charge is 0.146 e. The molecule has 0 spiro atoms. The van der Waals surface area contributed by atoms with Gasteiger partial charge in [-0.15, -0.1) is 5.11 Å². The van der Waals surface area contributed by atoms with E-state index in [9.17, 15) is 10.2 Å². The number of hydrogen-bond donors (Lipinski definition) is 2. The number of phenols is 2. The molecule has 0 aromatic heterocycles. The van der Waals surface area contributed by atoms with Gasteiger partial charge in [0.15, 0.2) is 0 Å². The average molecular weight is 354 g/mol. The first-order valence-electron chi connectivity index (χ1n) is 9.71. The third-order valence-electron chi connectivity index (χ3n) is 4.49. The van der Waals surface area contributed by atoms with Gasteiger partial charge in [-0.2, -0.15) is 5.11 Å². The Balaban J connectivity index is 1.71. The molecule has 2 N–H and O–H groups in total. The van der Waals surface area contributed by atoms with Crippen LogP contribution < -0.4 is 0 Å². The minimum atomic E-state index is -0.0833. The van der Waals surface area contributed by atoms with Crippen molar-refractivity contribution in [3.63, 3.8) is 0 Å². The van der Waals surface area contributed by atoms with Crippen molar-refractivity contribution in [1.82, 2.24) is 0 Å². The maximum Gasteiger partial charge on any atom is 0.146 e. The minimum Gasteiger partial charge on any atom is -0.508 e. The summed E-state index contributed by atoms with van der Waals surface area (Å²) in [6.07, 6.45) is 11.8. The molecule has 4 nitrogen and oxygen atoms in total. The highest BCUT2D eigenvalue weighted by atomic mass is 16.3. The predicted octanol–water partition coefficient (Wildman–Crippen LogP) is 7.20. The number of aromatic hydroxyl groups is 2. The van der Waals surface area contributed by atoms with E-state index in [1.54, 1.807) is 0 Å². The molecule has 0 bridgehead atoms. The molecule has 0 atom stereocenters. The third kappa shape index (κ3) is 7.26. The lowest BCUT2D eigenvalue weighted by atomic mass is 10.0. The van der Waals surface area contributed by atoms with E-state index in [1.165, 1.54) is 75.1 Å². The molecule has 26 heavy (non-hydrogen) atoms. The van der Waals surface area contributed by atoms with Crippen molar-refractivity contribution in [1.29, 1.82) is 0 Å². The van der Waals surface area contributed by atoms with Gasteiger partial charge in [-0.25, -0.2) is 0 Å². The monoisotopic (exact) mass is 354 g/mol. The summed E-state index contributed by atoms with van der Waals surface area (Å²) >= 11 is 0. The van der Waals surface area contributed by atoms with Crippen LogP contribution in [0.5, 0.6) is 11.5 Å². The zero-order chi connectivity index (χ0) is 18.6. The van der Waals surface area contributed by atoms with Gasteiger partial charge in [0.2, 0.25) is 0 Å². The van der Waals surface area contributed by atoms with E-state index < -0.39 is 0 Å². The van der Waals surface area contributed by atoms with E-state index in [-0.39, 0.29) is 11.5 Å².